The topological polar surface area (TPSA) is 0 Å². The molecule has 0 aliphatic heterocycles. The van der Waals surface area contributed by atoms with Crippen molar-refractivity contribution >= 4 is 57.3 Å². The van der Waals surface area contributed by atoms with Gasteiger partial charge >= 0.3 is 0 Å². The van der Waals surface area contributed by atoms with Crippen LogP contribution in [0.1, 0.15) is 50.7 Å². The maximum Gasteiger partial charge on any atom is 0 e. The van der Waals surface area contributed by atoms with Crippen molar-refractivity contribution < 1.29 is 25.8 Å². The summed E-state index contributed by atoms with van der Waals surface area (Å²) in [5.41, 5.74) is 7.89. The van der Waals surface area contributed by atoms with Gasteiger partial charge in [0.1, 0.15) is 0 Å². The molecule has 6 rings (SSSR count). The van der Waals surface area contributed by atoms with E-state index in [1.165, 1.54) is 80.6 Å². The van der Waals surface area contributed by atoms with Gasteiger partial charge in [-0.2, -0.15) is 12.1 Å². The zero-order valence-corrected chi connectivity index (χ0v) is 32.4. The first-order valence-corrected chi connectivity index (χ1v) is 14.0. The molecular formula is C39H45Cl2HfSi-3. The maximum absolute atomic E-state index is 2.26. The van der Waals surface area contributed by atoms with Crippen molar-refractivity contribution in [3.05, 3.63) is 140 Å². The third kappa shape index (κ3) is 12.0. The Hall–Kier alpha value is -2.23. The summed E-state index contributed by atoms with van der Waals surface area (Å²) in [4.78, 5) is 0. The Labute approximate surface area is 296 Å². The van der Waals surface area contributed by atoms with Gasteiger partial charge in [-0.15, -0.1) is 93.9 Å². The number of unbranched alkanes of at least 4 members (excludes halogenated alkanes) is 3. The molecule has 0 bridgehead atoms. The van der Waals surface area contributed by atoms with Crippen molar-refractivity contribution in [1.82, 2.24) is 0 Å². The van der Waals surface area contributed by atoms with E-state index < -0.39 is 0 Å². The molecule has 0 aliphatic rings. The van der Waals surface area contributed by atoms with Crippen LogP contribution in [-0.2, 0) is 25.8 Å². The minimum absolute atomic E-state index is 0. The summed E-state index contributed by atoms with van der Waals surface area (Å²) in [6.45, 7) is 8.76. The van der Waals surface area contributed by atoms with Gasteiger partial charge in [-0.1, -0.05) is 137 Å². The summed E-state index contributed by atoms with van der Waals surface area (Å²) in [7, 11) is 0. The standard InChI is InChI=1S/2C16H13.C6H14.CH3.2ClH.Hf.Si/c2*1-12-10-14-8-5-9-15(16(14)11-12)13-6-3-2-4-7-13;1-3-5-6-4-2;;;;;/h2*2-11H,1H3;3-6H2,1-2H3;1H3;2*1H;;/q2*-1;;-1;;;;. The fraction of sp³-hybridized carbons (Fsp3) is 0.205. The minimum atomic E-state index is 0. The minimum Gasteiger partial charge on any atom is -0.358 e. The number of hydrogen-bond acceptors (Lipinski definition) is 0. The Morgan fingerprint density at radius 1 is 0.512 bits per heavy atom. The summed E-state index contributed by atoms with van der Waals surface area (Å²) >= 11 is 0. The number of rotatable bonds is 5. The molecule has 0 aromatic heterocycles. The molecule has 0 atom stereocenters. The van der Waals surface area contributed by atoms with Crippen LogP contribution in [0.15, 0.2) is 121 Å². The number of aryl methyl sites for hydroxylation is 2. The maximum atomic E-state index is 2.26. The zero-order valence-electron chi connectivity index (χ0n) is 26.2. The second-order valence-electron chi connectivity index (χ2n) is 10.1. The quantitative estimate of drug-likeness (QED) is 0.0927. The predicted octanol–water partition coefficient (Wildman–Crippen LogP) is 12.6. The van der Waals surface area contributed by atoms with E-state index in [1.807, 2.05) is 0 Å². The number of hydrogen-bond donors (Lipinski definition) is 0. The Kier molecular flexibility index (Phi) is 22.2. The summed E-state index contributed by atoms with van der Waals surface area (Å²) in [6, 6.07) is 43.1. The Balaban J connectivity index is 0. The van der Waals surface area contributed by atoms with E-state index in [2.05, 4.69) is 149 Å². The van der Waals surface area contributed by atoms with Crippen LogP contribution < -0.4 is 0 Å². The molecule has 4 heteroatoms. The second-order valence-corrected chi connectivity index (χ2v) is 10.1. The van der Waals surface area contributed by atoms with Crippen LogP contribution in [0.4, 0.5) is 0 Å². The fourth-order valence-electron chi connectivity index (χ4n) is 5.01. The average Bonchev–Trinajstić information content (AvgIpc) is 3.54. The van der Waals surface area contributed by atoms with Crippen molar-refractivity contribution in [2.75, 3.05) is 0 Å². The molecule has 6 aromatic rings. The van der Waals surface area contributed by atoms with Crippen LogP contribution in [-0.4, -0.2) is 11.0 Å². The Morgan fingerprint density at radius 2 is 0.860 bits per heavy atom. The molecule has 0 saturated carbocycles. The van der Waals surface area contributed by atoms with Crippen LogP contribution >= 0.6 is 24.8 Å². The Morgan fingerprint density at radius 3 is 1.19 bits per heavy atom. The van der Waals surface area contributed by atoms with Gasteiger partial charge in [-0.25, -0.2) is 0 Å². The first-order valence-electron chi connectivity index (χ1n) is 14.0. The third-order valence-electron chi connectivity index (χ3n) is 6.92. The molecule has 0 nitrogen and oxygen atoms in total. The van der Waals surface area contributed by atoms with Crippen LogP contribution in [0.3, 0.4) is 0 Å². The first kappa shape index (κ1) is 42.9. The van der Waals surface area contributed by atoms with Crippen molar-refractivity contribution in [2.45, 2.75) is 53.4 Å². The molecule has 0 unspecified atom stereocenters. The monoisotopic (exact) mass is 791 g/mol. The normalized spacial score (nSPS) is 9.30. The van der Waals surface area contributed by atoms with Gasteiger partial charge in [0.2, 0.25) is 0 Å². The summed E-state index contributed by atoms with van der Waals surface area (Å²) in [5.74, 6) is 0. The molecule has 226 valence electrons. The fourth-order valence-corrected chi connectivity index (χ4v) is 5.01. The molecule has 0 amide bonds. The summed E-state index contributed by atoms with van der Waals surface area (Å²) in [6.07, 6.45) is 5.54. The molecule has 0 saturated heterocycles. The number of halogens is 2. The van der Waals surface area contributed by atoms with Gasteiger partial charge < -0.3 is 7.43 Å². The molecular weight excluding hydrogens is 746 g/mol. The second kappa shape index (κ2) is 22.3. The molecule has 6 aromatic carbocycles. The predicted molar refractivity (Wildman–Crippen MR) is 196 cm³/mol. The average molecular weight is 791 g/mol. The van der Waals surface area contributed by atoms with Crippen LogP contribution in [0, 0.1) is 21.3 Å². The van der Waals surface area contributed by atoms with Crippen molar-refractivity contribution in [3.8, 4) is 22.3 Å². The van der Waals surface area contributed by atoms with E-state index in [-0.39, 0.29) is 69.0 Å². The van der Waals surface area contributed by atoms with E-state index in [0.717, 1.165) is 0 Å². The molecule has 0 aliphatic carbocycles. The SMILES string of the molecule is CCCCCC.Cc1cc2c(-c3ccccc3)cccc2[cH-]1.Cc1cc2c(-c3ccccc3)cccc2[cH-]1.Cl.Cl.[CH3-].[Hf].[Si]. The molecule has 43 heavy (non-hydrogen) atoms. The zero-order chi connectivity index (χ0) is 26.7. The summed E-state index contributed by atoms with van der Waals surface area (Å²) in [5, 5.41) is 5.37. The van der Waals surface area contributed by atoms with E-state index in [1.54, 1.807) is 0 Å². The van der Waals surface area contributed by atoms with Gasteiger partial charge in [-0.3, -0.25) is 0 Å². The van der Waals surface area contributed by atoms with E-state index in [9.17, 15) is 0 Å². The largest absolute Gasteiger partial charge is 0.358 e. The smallest absolute Gasteiger partial charge is 0 e. The third-order valence-corrected chi connectivity index (χ3v) is 6.92. The Bertz CT molecular complexity index is 1430. The molecule has 0 fully saturated rings. The van der Waals surface area contributed by atoms with Gasteiger partial charge in [0, 0.05) is 36.8 Å². The van der Waals surface area contributed by atoms with Gasteiger partial charge in [-0.05, 0) is 11.1 Å². The van der Waals surface area contributed by atoms with Crippen molar-refractivity contribution in [3.63, 3.8) is 0 Å². The molecule has 0 heterocycles. The van der Waals surface area contributed by atoms with Crippen LogP contribution in [0.2, 0.25) is 0 Å². The van der Waals surface area contributed by atoms with Crippen LogP contribution in [0.25, 0.3) is 43.8 Å². The van der Waals surface area contributed by atoms with Crippen molar-refractivity contribution in [2.24, 2.45) is 0 Å². The van der Waals surface area contributed by atoms with Gasteiger partial charge in [0.05, 0.1) is 0 Å². The molecule has 4 radical (unpaired) electrons. The summed E-state index contributed by atoms with van der Waals surface area (Å²) < 4.78 is 0. The first-order chi connectivity index (χ1) is 18.6. The molecule has 0 N–H and O–H groups in total. The van der Waals surface area contributed by atoms with Gasteiger partial charge in [0.15, 0.2) is 0 Å². The van der Waals surface area contributed by atoms with Crippen molar-refractivity contribution in [1.29, 1.82) is 0 Å². The number of benzene rings is 4. The number of fused-ring (bicyclic) bond motifs is 2. The molecule has 0 spiro atoms. The van der Waals surface area contributed by atoms with E-state index in [0.29, 0.717) is 0 Å². The van der Waals surface area contributed by atoms with E-state index >= 15 is 0 Å². The van der Waals surface area contributed by atoms with E-state index in [4.69, 9.17) is 0 Å². The van der Waals surface area contributed by atoms with Crippen LogP contribution in [0.5, 0.6) is 0 Å². The van der Waals surface area contributed by atoms with Gasteiger partial charge in [0.25, 0.3) is 0 Å².